The molecule has 24 heavy (non-hydrogen) atoms. The van der Waals surface area contributed by atoms with Gasteiger partial charge >= 0.3 is 0 Å². The number of amides is 1. The van der Waals surface area contributed by atoms with Gasteiger partial charge in [0.15, 0.2) is 0 Å². The molecule has 0 aliphatic rings. The molecular weight excluding hydrogens is 351 g/mol. The number of carbonyl (C=O) groups excluding carboxylic acids is 1. The van der Waals surface area contributed by atoms with Gasteiger partial charge in [-0.1, -0.05) is 11.6 Å². The fourth-order valence-corrected chi connectivity index (χ4v) is 3.16. The number of aryl methyl sites for hydroxylation is 1. The van der Waals surface area contributed by atoms with Crippen LogP contribution in [0.15, 0.2) is 30.4 Å². The van der Waals surface area contributed by atoms with Crippen molar-refractivity contribution in [3.8, 4) is 0 Å². The maximum atomic E-state index is 13.4. The molecule has 0 aliphatic carbocycles. The highest BCUT2D eigenvalue weighted by atomic mass is 35.5. The lowest BCUT2D eigenvalue weighted by molar-refractivity contribution is -0.110. The number of hydrogen-bond donors (Lipinski definition) is 3. The van der Waals surface area contributed by atoms with E-state index < -0.39 is 11.7 Å². The van der Waals surface area contributed by atoms with E-state index in [1.807, 2.05) is 0 Å². The van der Waals surface area contributed by atoms with Gasteiger partial charge in [0.1, 0.15) is 16.5 Å². The number of nitrogens with one attached hydrogen (secondary N) is 3. The van der Waals surface area contributed by atoms with Gasteiger partial charge in [0.25, 0.3) is 5.91 Å². The Morgan fingerprint density at radius 2 is 2.21 bits per heavy atom. The molecule has 0 saturated carbocycles. The second kappa shape index (κ2) is 7.94. The molecule has 2 aromatic rings. The third-order valence-corrected chi connectivity index (χ3v) is 4.24. The lowest BCUT2D eigenvalue weighted by Crippen LogP contribution is -2.20. The van der Waals surface area contributed by atoms with Crippen LogP contribution in [0.4, 0.5) is 9.39 Å². The minimum Gasteiger partial charge on any atom is -0.311 e. The van der Waals surface area contributed by atoms with Crippen molar-refractivity contribution in [1.29, 1.82) is 10.8 Å². The number of allylic oxidation sites excluding steroid dienone is 1. The van der Waals surface area contributed by atoms with E-state index in [1.165, 1.54) is 35.6 Å². The van der Waals surface area contributed by atoms with Crippen molar-refractivity contribution in [3.05, 3.63) is 57.5 Å². The number of thiazole rings is 1. The summed E-state index contributed by atoms with van der Waals surface area (Å²) < 4.78 is 13.4. The first-order chi connectivity index (χ1) is 11.4. The Bertz CT molecular complexity index is 811. The summed E-state index contributed by atoms with van der Waals surface area (Å²) in [6.07, 6.45) is 3.90. The van der Waals surface area contributed by atoms with Crippen LogP contribution < -0.4 is 5.32 Å². The van der Waals surface area contributed by atoms with Crippen molar-refractivity contribution in [2.45, 2.75) is 13.3 Å². The van der Waals surface area contributed by atoms with Crippen LogP contribution >= 0.6 is 22.9 Å². The smallest absolute Gasteiger partial charge is 0.274 e. The first kappa shape index (κ1) is 18.0. The lowest BCUT2D eigenvalue weighted by Gasteiger charge is -2.01. The number of carbonyl (C=O) groups is 1. The molecule has 1 heterocycles. The molecule has 1 aromatic carbocycles. The fraction of sp³-hybridized carbons (Fsp3) is 0.125. The van der Waals surface area contributed by atoms with E-state index in [4.69, 9.17) is 22.4 Å². The molecule has 5 nitrogen and oxygen atoms in total. The quantitative estimate of drug-likeness (QED) is 0.676. The zero-order valence-electron chi connectivity index (χ0n) is 12.7. The van der Waals surface area contributed by atoms with Gasteiger partial charge in [-0.3, -0.25) is 10.2 Å². The Morgan fingerprint density at radius 1 is 1.46 bits per heavy atom. The highest BCUT2D eigenvalue weighted by Gasteiger charge is 2.13. The summed E-state index contributed by atoms with van der Waals surface area (Å²) in [6, 6.07) is 4.29. The number of hydrogen-bond acceptors (Lipinski definition) is 5. The molecule has 1 amide bonds. The Labute approximate surface area is 147 Å². The summed E-state index contributed by atoms with van der Waals surface area (Å²) in [7, 11) is 0. The van der Waals surface area contributed by atoms with Crippen LogP contribution in [-0.4, -0.2) is 22.8 Å². The number of anilines is 1. The predicted octanol–water partition coefficient (Wildman–Crippen LogP) is 4.00. The van der Waals surface area contributed by atoms with Gasteiger partial charge in [-0.25, -0.2) is 9.37 Å². The normalized spacial score (nSPS) is 10.8. The van der Waals surface area contributed by atoms with Crippen molar-refractivity contribution in [1.82, 2.24) is 4.98 Å². The molecule has 0 saturated heterocycles. The van der Waals surface area contributed by atoms with E-state index in [9.17, 15) is 9.18 Å². The molecule has 0 unspecified atom stereocenters. The molecule has 0 atom stereocenters. The second-order valence-electron chi connectivity index (χ2n) is 4.87. The van der Waals surface area contributed by atoms with Crippen LogP contribution in [0.2, 0.25) is 5.02 Å². The number of halogens is 2. The van der Waals surface area contributed by atoms with Gasteiger partial charge in [-0.15, -0.1) is 11.3 Å². The van der Waals surface area contributed by atoms with Gasteiger partial charge in [-0.2, -0.15) is 0 Å². The number of nitrogens with zero attached hydrogens (tertiary/aromatic N) is 1. The van der Waals surface area contributed by atoms with E-state index in [2.05, 4.69) is 10.3 Å². The van der Waals surface area contributed by atoms with Gasteiger partial charge in [-0.05, 0) is 42.8 Å². The summed E-state index contributed by atoms with van der Waals surface area (Å²) >= 11 is 7.10. The van der Waals surface area contributed by atoms with Crippen LogP contribution in [0.25, 0.3) is 0 Å². The van der Waals surface area contributed by atoms with Crippen LogP contribution in [0.3, 0.4) is 0 Å². The van der Waals surface area contributed by atoms with Gasteiger partial charge < -0.3 is 10.7 Å². The molecule has 0 aliphatic heterocycles. The predicted molar refractivity (Wildman–Crippen MR) is 95.3 cm³/mol. The van der Waals surface area contributed by atoms with E-state index in [1.54, 1.807) is 13.0 Å². The summed E-state index contributed by atoms with van der Waals surface area (Å²) in [6.45, 7) is 1.74. The highest BCUT2D eigenvalue weighted by molar-refractivity contribution is 7.16. The minimum atomic E-state index is -0.583. The topological polar surface area (TPSA) is 89.7 Å². The molecule has 0 radical (unpaired) electrons. The maximum absolute atomic E-state index is 13.4. The molecule has 0 bridgehead atoms. The van der Waals surface area contributed by atoms with Crippen molar-refractivity contribution < 1.29 is 9.18 Å². The van der Waals surface area contributed by atoms with Crippen molar-refractivity contribution in [2.24, 2.45) is 0 Å². The molecule has 0 fully saturated rings. The maximum Gasteiger partial charge on any atom is 0.274 e. The highest BCUT2D eigenvalue weighted by Crippen LogP contribution is 2.27. The van der Waals surface area contributed by atoms with Gasteiger partial charge in [0.05, 0.1) is 10.7 Å². The third-order valence-electron chi connectivity index (χ3n) is 2.95. The number of benzene rings is 1. The van der Waals surface area contributed by atoms with Crippen molar-refractivity contribution >= 4 is 45.8 Å². The summed E-state index contributed by atoms with van der Waals surface area (Å²) in [4.78, 5) is 16.2. The first-order valence-corrected chi connectivity index (χ1v) is 8.07. The van der Waals surface area contributed by atoms with E-state index in [0.717, 1.165) is 6.21 Å². The average molecular weight is 365 g/mol. The molecular formula is C16H14ClFN4OS. The summed E-state index contributed by atoms with van der Waals surface area (Å²) in [5, 5.41) is 18.6. The Balaban J connectivity index is 2.12. The van der Waals surface area contributed by atoms with E-state index in [-0.39, 0.29) is 5.71 Å². The van der Waals surface area contributed by atoms with E-state index in [0.29, 0.717) is 32.7 Å². The molecule has 2 rings (SSSR count). The Morgan fingerprint density at radius 3 is 2.88 bits per heavy atom. The van der Waals surface area contributed by atoms with E-state index >= 15 is 0 Å². The number of aromatic nitrogens is 1. The average Bonchev–Trinajstić information content (AvgIpc) is 2.83. The SMILES string of the molecule is Cc1nc(Cc2cc(F)cc(Cl)c2)sc1NC(=O)C(=N)/C=C\C=N. The van der Waals surface area contributed by atoms with Crippen molar-refractivity contribution in [3.63, 3.8) is 0 Å². The minimum absolute atomic E-state index is 0.259. The zero-order chi connectivity index (χ0) is 17.7. The Kier molecular flexibility index (Phi) is 5.94. The van der Waals surface area contributed by atoms with Gasteiger partial charge in [0, 0.05) is 17.7 Å². The summed E-state index contributed by atoms with van der Waals surface area (Å²) in [5.41, 5.74) is 1.05. The fourth-order valence-electron chi connectivity index (χ4n) is 1.92. The standard InChI is InChI=1S/C16H14ClFN4OS/c1-9-16(22-15(23)13(20)3-2-4-19)24-14(21-9)7-10-5-11(17)8-12(18)6-10/h2-6,8,19-20H,7H2,1H3,(H,22,23)/b3-2-,19-4?,20-13?. The third kappa shape index (κ3) is 4.81. The van der Waals surface area contributed by atoms with Crippen LogP contribution in [0.5, 0.6) is 0 Å². The Hall–Kier alpha value is -2.38. The largest absolute Gasteiger partial charge is 0.311 e. The second-order valence-corrected chi connectivity index (χ2v) is 6.39. The molecule has 8 heteroatoms. The summed E-state index contributed by atoms with van der Waals surface area (Å²) in [5.74, 6) is -0.995. The monoisotopic (exact) mass is 364 g/mol. The number of rotatable bonds is 6. The lowest BCUT2D eigenvalue weighted by atomic mass is 10.1. The molecule has 1 aromatic heterocycles. The van der Waals surface area contributed by atoms with Crippen LogP contribution in [-0.2, 0) is 11.2 Å². The van der Waals surface area contributed by atoms with Crippen LogP contribution in [0, 0.1) is 23.6 Å². The molecule has 3 N–H and O–H groups in total. The van der Waals surface area contributed by atoms with Crippen molar-refractivity contribution in [2.75, 3.05) is 5.32 Å². The molecule has 124 valence electrons. The zero-order valence-corrected chi connectivity index (χ0v) is 14.3. The van der Waals surface area contributed by atoms with Crippen LogP contribution in [0.1, 0.15) is 16.3 Å². The first-order valence-electron chi connectivity index (χ1n) is 6.87. The molecule has 0 spiro atoms. The van der Waals surface area contributed by atoms with Gasteiger partial charge in [0.2, 0.25) is 0 Å².